The number of aliphatic carboxylic acids is 3. The van der Waals surface area contributed by atoms with E-state index in [9.17, 15) is 53.7 Å². The Labute approximate surface area is 275 Å². The van der Waals surface area contributed by atoms with Crippen molar-refractivity contribution in [3.63, 3.8) is 0 Å². The molecule has 10 N–H and O–H groups in total. The summed E-state index contributed by atoms with van der Waals surface area (Å²) in [6.07, 6.45) is 0.994. The second kappa shape index (κ2) is 18.3. The fourth-order valence-electron chi connectivity index (χ4n) is 4.93. The molecule has 0 unspecified atom stereocenters. The standard InChI is InChI=1S/C29H44N8O11/c1-14(2)23(30)27(45)33-15(3)28(46)37-10-4-5-20(37)26(44)35-18(7-9-22(40)41)24(42)34-17(6-8-21(38)39)25(43)36-19(29(47)48)11-16-12-31-13-32-16/h12-15,17-20,23H,4-11,30H2,1-3H3,(H,31,32)(H,33,45)(H,34,42)(H,35,44)(H,36,43)(H,38,39)(H,40,41)(H,47,48)/t15-,17-,18-,19-,20-,23-/m0/s1. The van der Waals surface area contributed by atoms with Crippen molar-refractivity contribution in [2.45, 2.75) is 102 Å². The number of carboxylic acid groups (broad SMARTS) is 3. The third kappa shape index (κ3) is 11.9. The fourth-order valence-corrected chi connectivity index (χ4v) is 4.93. The van der Waals surface area contributed by atoms with Gasteiger partial charge in [-0.2, -0.15) is 0 Å². The molecule has 1 aromatic rings. The lowest BCUT2D eigenvalue weighted by molar-refractivity contribution is -0.143. The summed E-state index contributed by atoms with van der Waals surface area (Å²) in [5.41, 5.74) is 6.23. The molecule has 1 aliphatic heterocycles. The van der Waals surface area contributed by atoms with Crippen LogP contribution in [-0.2, 0) is 44.8 Å². The molecule has 1 fully saturated rings. The lowest BCUT2D eigenvalue weighted by Gasteiger charge is -2.29. The summed E-state index contributed by atoms with van der Waals surface area (Å²) < 4.78 is 0. The number of carboxylic acids is 3. The number of nitrogens with two attached hydrogens (primary N) is 1. The van der Waals surface area contributed by atoms with Gasteiger partial charge in [0.2, 0.25) is 29.5 Å². The third-order valence-corrected chi connectivity index (χ3v) is 7.74. The SMILES string of the molecule is CC(C)[C@H](N)C(=O)N[C@@H](C)C(=O)N1CCC[C@H]1C(=O)N[C@@H](CCC(=O)O)C(=O)N[C@@H](CCC(=O)O)C(=O)N[C@@H](Cc1cnc[nH]1)C(=O)O. The van der Waals surface area contributed by atoms with Gasteiger partial charge in [0, 0.05) is 37.7 Å². The highest BCUT2D eigenvalue weighted by molar-refractivity contribution is 5.96. The molecule has 1 aromatic heterocycles. The first-order chi connectivity index (χ1) is 22.5. The summed E-state index contributed by atoms with van der Waals surface area (Å²) in [6, 6.07) is -7.55. The van der Waals surface area contributed by atoms with Gasteiger partial charge in [-0.1, -0.05) is 13.8 Å². The Morgan fingerprint density at radius 3 is 1.94 bits per heavy atom. The molecule has 0 spiro atoms. The number of amides is 5. The number of carbonyl (C=O) groups excluding carboxylic acids is 5. The average Bonchev–Trinajstić information content (AvgIpc) is 3.72. The van der Waals surface area contributed by atoms with Crippen LogP contribution in [0, 0.1) is 5.92 Å². The molecule has 19 heteroatoms. The van der Waals surface area contributed by atoms with Gasteiger partial charge in [0.25, 0.3) is 0 Å². The molecule has 2 heterocycles. The van der Waals surface area contributed by atoms with Crippen LogP contribution in [0.3, 0.4) is 0 Å². The van der Waals surface area contributed by atoms with Crippen LogP contribution in [0.25, 0.3) is 0 Å². The summed E-state index contributed by atoms with van der Waals surface area (Å²) >= 11 is 0. The Hall–Kier alpha value is -5.07. The lowest BCUT2D eigenvalue weighted by Crippen LogP contribution is -2.59. The van der Waals surface area contributed by atoms with E-state index >= 15 is 0 Å². The zero-order valence-corrected chi connectivity index (χ0v) is 26.9. The van der Waals surface area contributed by atoms with Crippen LogP contribution >= 0.6 is 0 Å². The van der Waals surface area contributed by atoms with Crippen molar-refractivity contribution in [1.82, 2.24) is 36.1 Å². The van der Waals surface area contributed by atoms with Gasteiger partial charge in [0.15, 0.2) is 0 Å². The van der Waals surface area contributed by atoms with Crippen LogP contribution in [-0.4, -0.2) is 120 Å². The molecule has 19 nitrogen and oxygen atoms in total. The molecule has 6 atom stereocenters. The van der Waals surface area contributed by atoms with Gasteiger partial charge < -0.3 is 52.2 Å². The number of imidazole rings is 1. The van der Waals surface area contributed by atoms with Crippen LogP contribution in [0.2, 0.25) is 0 Å². The summed E-state index contributed by atoms with van der Waals surface area (Å²) in [5, 5.41) is 37.6. The molecule has 0 saturated carbocycles. The Bertz CT molecular complexity index is 1340. The molecule has 1 aliphatic rings. The maximum atomic E-state index is 13.4. The summed E-state index contributed by atoms with van der Waals surface area (Å²) in [4.78, 5) is 108. The Balaban J connectivity index is 2.20. The van der Waals surface area contributed by atoms with Gasteiger partial charge in [-0.3, -0.25) is 33.6 Å². The minimum Gasteiger partial charge on any atom is -0.481 e. The summed E-state index contributed by atoms with van der Waals surface area (Å²) in [7, 11) is 0. The number of carbonyl (C=O) groups is 8. The van der Waals surface area contributed by atoms with Crippen LogP contribution < -0.4 is 27.0 Å². The third-order valence-electron chi connectivity index (χ3n) is 7.74. The van der Waals surface area contributed by atoms with E-state index in [-0.39, 0.29) is 25.3 Å². The van der Waals surface area contributed by atoms with E-state index in [2.05, 4.69) is 31.2 Å². The van der Waals surface area contributed by atoms with Crippen LogP contribution in [0.5, 0.6) is 0 Å². The van der Waals surface area contributed by atoms with Crippen LogP contribution in [0.15, 0.2) is 12.5 Å². The van der Waals surface area contributed by atoms with Gasteiger partial charge in [0.1, 0.15) is 30.2 Å². The monoisotopic (exact) mass is 680 g/mol. The second-order valence-electron chi connectivity index (χ2n) is 11.9. The largest absolute Gasteiger partial charge is 0.481 e. The molecular weight excluding hydrogens is 636 g/mol. The van der Waals surface area contributed by atoms with Crippen molar-refractivity contribution in [1.29, 1.82) is 0 Å². The van der Waals surface area contributed by atoms with Crippen LogP contribution in [0.4, 0.5) is 0 Å². The molecule has 0 radical (unpaired) electrons. The van der Waals surface area contributed by atoms with Gasteiger partial charge in [0.05, 0.1) is 12.4 Å². The molecule has 0 aliphatic carbocycles. The van der Waals surface area contributed by atoms with E-state index in [1.807, 2.05) is 0 Å². The number of likely N-dealkylation sites (tertiary alicyclic amines) is 1. The van der Waals surface area contributed by atoms with Gasteiger partial charge in [-0.05, 0) is 38.5 Å². The Kier molecular flexibility index (Phi) is 14.9. The average molecular weight is 681 g/mol. The Morgan fingerprint density at radius 2 is 1.44 bits per heavy atom. The fraction of sp³-hybridized carbons (Fsp3) is 0.621. The number of aromatic amines is 1. The van der Waals surface area contributed by atoms with E-state index in [1.54, 1.807) is 13.8 Å². The number of H-pyrrole nitrogens is 1. The van der Waals surface area contributed by atoms with Crippen molar-refractivity contribution >= 4 is 47.4 Å². The zero-order chi connectivity index (χ0) is 36.1. The minimum absolute atomic E-state index is 0.167. The van der Waals surface area contributed by atoms with Crippen molar-refractivity contribution in [2.75, 3.05) is 6.54 Å². The van der Waals surface area contributed by atoms with Gasteiger partial charge in [-0.15, -0.1) is 0 Å². The first-order valence-electron chi connectivity index (χ1n) is 15.4. The maximum absolute atomic E-state index is 13.4. The molecule has 2 rings (SSSR count). The topological polar surface area (TPSA) is 303 Å². The number of aromatic nitrogens is 2. The lowest BCUT2D eigenvalue weighted by atomic mass is 10.0. The quantitative estimate of drug-likeness (QED) is 0.0743. The minimum atomic E-state index is -1.58. The first-order valence-corrected chi connectivity index (χ1v) is 15.4. The highest BCUT2D eigenvalue weighted by Gasteiger charge is 2.39. The van der Waals surface area contributed by atoms with Crippen molar-refractivity contribution in [3.8, 4) is 0 Å². The molecule has 0 aromatic carbocycles. The number of nitrogens with one attached hydrogen (secondary N) is 5. The number of hydrogen-bond acceptors (Lipinski definition) is 10. The smallest absolute Gasteiger partial charge is 0.326 e. The summed E-state index contributed by atoms with van der Waals surface area (Å²) in [6.45, 7) is 5.09. The van der Waals surface area contributed by atoms with E-state index in [0.717, 1.165) is 0 Å². The number of hydrogen-bond donors (Lipinski definition) is 9. The van der Waals surface area contributed by atoms with Gasteiger partial charge in [-0.25, -0.2) is 9.78 Å². The molecular formula is C29H44N8O11. The Morgan fingerprint density at radius 1 is 0.875 bits per heavy atom. The van der Waals surface area contributed by atoms with Crippen molar-refractivity contribution < 1.29 is 53.7 Å². The van der Waals surface area contributed by atoms with E-state index in [0.29, 0.717) is 12.1 Å². The molecule has 48 heavy (non-hydrogen) atoms. The molecule has 0 bridgehead atoms. The summed E-state index contributed by atoms with van der Waals surface area (Å²) in [5.74, 6) is -8.19. The predicted octanol–water partition coefficient (Wildman–Crippen LogP) is -2.30. The molecule has 5 amide bonds. The highest BCUT2D eigenvalue weighted by Crippen LogP contribution is 2.19. The van der Waals surface area contributed by atoms with E-state index < -0.39 is 109 Å². The normalized spacial score (nSPS) is 17.4. The predicted molar refractivity (Wildman–Crippen MR) is 165 cm³/mol. The van der Waals surface area contributed by atoms with E-state index in [1.165, 1.54) is 24.3 Å². The van der Waals surface area contributed by atoms with Crippen molar-refractivity contribution in [2.24, 2.45) is 11.7 Å². The number of nitrogens with zero attached hydrogens (tertiary/aromatic N) is 2. The van der Waals surface area contributed by atoms with Crippen molar-refractivity contribution in [3.05, 3.63) is 18.2 Å². The molecule has 266 valence electrons. The first kappa shape index (κ1) is 39.1. The second-order valence-corrected chi connectivity index (χ2v) is 11.9. The number of rotatable bonds is 19. The highest BCUT2D eigenvalue weighted by atomic mass is 16.4. The maximum Gasteiger partial charge on any atom is 0.326 e. The van der Waals surface area contributed by atoms with E-state index in [4.69, 9.17) is 5.73 Å². The van der Waals surface area contributed by atoms with Gasteiger partial charge >= 0.3 is 17.9 Å². The van der Waals surface area contributed by atoms with Crippen LogP contribution in [0.1, 0.15) is 65.0 Å². The molecule has 1 saturated heterocycles. The zero-order valence-electron chi connectivity index (χ0n) is 26.9.